The zero-order valence-electron chi connectivity index (χ0n) is 11.3. The zero-order valence-corrected chi connectivity index (χ0v) is 11.3. The molecule has 1 unspecified atom stereocenters. The van der Waals surface area contributed by atoms with Crippen LogP contribution >= 0.6 is 0 Å². The minimum Gasteiger partial charge on any atom is -0.293 e. The minimum atomic E-state index is 0.660. The molecule has 0 aromatic rings. The Hall–Kier alpha value is -0.300. The van der Waals surface area contributed by atoms with E-state index < -0.39 is 0 Å². The van der Waals surface area contributed by atoms with Gasteiger partial charge in [-0.3, -0.25) is 4.90 Å². The van der Waals surface area contributed by atoms with E-state index in [-0.39, 0.29) is 0 Å². The van der Waals surface area contributed by atoms with Gasteiger partial charge in [0.25, 0.3) is 0 Å². The van der Waals surface area contributed by atoms with Gasteiger partial charge in [0.1, 0.15) is 0 Å². The van der Waals surface area contributed by atoms with E-state index in [1.54, 1.807) is 0 Å². The number of hydrogen-bond donors (Lipinski definition) is 0. The predicted molar refractivity (Wildman–Crippen MR) is 70.6 cm³/mol. The lowest BCUT2D eigenvalue weighted by atomic mass is 9.83. The van der Waals surface area contributed by atoms with Crippen LogP contribution in [0.15, 0.2) is 12.2 Å². The monoisotopic (exact) mass is 221 g/mol. The molecule has 0 amide bonds. The summed E-state index contributed by atoms with van der Waals surface area (Å²) < 4.78 is 0. The molecule has 1 heterocycles. The molecule has 0 aromatic carbocycles. The molecule has 1 nitrogen and oxygen atoms in total. The molecule has 0 aromatic heterocycles. The van der Waals surface area contributed by atoms with E-state index in [4.69, 9.17) is 0 Å². The lowest BCUT2D eigenvalue weighted by molar-refractivity contribution is 0.186. The Kier molecular flexibility index (Phi) is 3.44. The molecule has 16 heavy (non-hydrogen) atoms. The van der Waals surface area contributed by atoms with E-state index >= 15 is 0 Å². The molecule has 1 saturated carbocycles. The Morgan fingerprint density at radius 2 is 2.06 bits per heavy atom. The van der Waals surface area contributed by atoms with Crippen molar-refractivity contribution in [3.05, 3.63) is 12.2 Å². The van der Waals surface area contributed by atoms with Crippen molar-refractivity contribution >= 4 is 0 Å². The highest BCUT2D eigenvalue weighted by Crippen LogP contribution is 2.49. The van der Waals surface area contributed by atoms with Crippen LogP contribution < -0.4 is 0 Å². The molecule has 1 heteroatoms. The van der Waals surface area contributed by atoms with Gasteiger partial charge in [0.15, 0.2) is 0 Å². The van der Waals surface area contributed by atoms with Crippen molar-refractivity contribution in [2.75, 3.05) is 6.54 Å². The van der Waals surface area contributed by atoms with Gasteiger partial charge in [-0.2, -0.15) is 0 Å². The molecule has 0 radical (unpaired) electrons. The van der Waals surface area contributed by atoms with Gasteiger partial charge in [-0.1, -0.05) is 31.9 Å². The van der Waals surface area contributed by atoms with Crippen molar-refractivity contribution in [2.45, 2.75) is 71.4 Å². The van der Waals surface area contributed by atoms with Crippen LogP contribution in [0.3, 0.4) is 0 Å². The second kappa shape index (κ2) is 4.52. The maximum Gasteiger partial charge on any atom is 0.0311 e. The van der Waals surface area contributed by atoms with Gasteiger partial charge < -0.3 is 0 Å². The van der Waals surface area contributed by atoms with Crippen LogP contribution in [0.4, 0.5) is 0 Å². The third-order valence-corrected chi connectivity index (χ3v) is 4.93. The van der Waals surface area contributed by atoms with E-state index in [9.17, 15) is 0 Å². The fraction of sp³-hybridized carbons (Fsp3) is 0.867. The Morgan fingerprint density at radius 1 is 1.44 bits per heavy atom. The Labute approximate surface area is 101 Å². The van der Waals surface area contributed by atoms with E-state index in [2.05, 4.69) is 32.3 Å². The first kappa shape index (κ1) is 12.2. The molecule has 2 fully saturated rings. The average Bonchev–Trinajstić information content (AvgIpc) is 2.86. The quantitative estimate of drug-likeness (QED) is 0.651. The summed E-state index contributed by atoms with van der Waals surface area (Å²) in [6, 6.07) is 1.38. The van der Waals surface area contributed by atoms with Gasteiger partial charge in [-0.25, -0.2) is 0 Å². The summed E-state index contributed by atoms with van der Waals surface area (Å²) in [6.07, 6.45) is 8.48. The van der Waals surface area contributed by atoms with Crippen molar-refractivity contribution in [3.8, 4) is 0 Å². The molecule has 1 aliphatic heterocycles. The first-order valence-electron chi connectivity index (χ1n) is 6.99. The molecule has 1 spiro atoms. The highest BCUT2D eigenvalue weighted by atomic mass is 15.2. The lowest BCUT2D eigenvalue weighted by Crippen LogP contribution is -2.38. The van der Waals surface area contributed by atoms with Crippen LogP contribution in [-0.4, -0.2) is 23.5 Å². The largest absolute Gasteiger partial charge is 0.293 e. The van der Waals surface area contributed by atoms with Crippen LogP contribution in [0.5, 0.6) is 0 Å². The number of rotatable bonds is 3. The first-order valence-corrected chi connectivity index (χ1v) is 6.99. The second-order valence-corrected chi connectivity index (χ2v) is 6.20. The van der Waals surface area contributed by atoms with Crippen LogP contribution in [0, 0.1) is 5.41 Å². The van der Waals surface area contributed by atoms with E-state index in [0.29, 0.717) is 11.5 Å². The highest BCUT2D eigenvalue weighted by molar-refractivity contribution is 5.12. The smallest absolute Gasteiger partial charge is 0.0311 e. The molecule has 2 rings (SSSR count). The topological polar surface area (TPSA) is 3.24 Å². The van der Waals surface area contributed by atoms with Crippen LogP contribution in [0.2, 0.25) is 0 Å². The maximum absolute atomic E-state index is 4.22. The lowest BCUT2D eigenvalue weighted by Gasteiger charge is -2.30. The molecular weight excluding hydrogens is 194 g/mol. The predicted octanol–water partition coefficient (Wildman–Crippen LogP) is 4.00. The van der Waals surface area contributed by atoms with Crippen molar-refractivity contribution in [3.63, 3.8) is 0 Å². The number of nitrogens with zero attached hydrogens (tertiary/aromatic N) is 1. The molecule has 2 aliphatic rings. The van der Waals surface area contributed by atoms with Crippen LogP contribution in [0.1, 0.15) is 59.3 Å². The van der Waals surface area contributed by atoms with Crippen molar-refractivity contribution in [1.29, 1.82) is 0 Å². The summed E-state index contributed by atoms with van der Waals surface area (Å²) >= 11 is 0. The fourth-order valence-electron chi connectivity index (χ4n) is 3.73. The molecule has 0 N–H and O–H groups in total. The normalized spacial score (nSPS) is 31.1. The molecule has 92 valence electrons. The average molecular weight is 221 g/mol. The van der Waals surface area contributed by atoms with Crippen molar-refractivity contribution in [1.82, 2.24) is 4.90 Å². The molecule has 1 aliphatic carbocycles. The van der Waals surface area contributed by atoms with E-state index in [0.717, 1.165) is 6.04 Å². The Balaban J connectivity index is 2.13. The zero-order chi connectivity index (χ0) is 11.8. The fourth-order valence-corrected chi connectivity index (χ4v) is 3.73. The first-order chi connectivity index (χ1) is 7.58. The van der Waals surface area contributed by atoms with Crippen molar-refractivity contribution < 1.29 is 0 Å². The number of hydrogen-bond acceptors (Lipinski definition) is 1. The summed E-state index contributed by atoms with van der Waals surface area (Å²) in [6.45, 7) is 12.5. The second-order valence-electron chi connectivity index (χ2n) is 6.20. The summed E-state index contributed by atoms with van der Waals surface area (Å²) in [5.41, 5.74) is 2.04. The van der Waals surface area contributed by atoms with Gasteiger partial charge in [0.2, 0.25) is 0 Å². The van der Waals surface area contributed by atoms with Gasteiger partial charge in [0.05, 0.1) is 0 Å². The third kappa shape index (κ3) is 2.07. The van der Waals surface area contributed by atoms with Gasteiger partial charge in [-0.05, 0) is 44.9 Å². The maximum atomic E-state index is 4.22. The van der Waals surface area contributed by atoms with Crippen LogP contribution in [0.25, 0.3) is 0 Å². The summed E-state index contributed by atoms with van der Waals surface area (Å²) in [5.74, 6) is 0. The third-order valence-electron chi connectivity index (χ3n) is 4.93. The highest BCUT2D eigenvalue weighted by Gasteiger charge is 2.46. The molecule has 1 saturated heterocycles. The van der Waals surface area contributed by atoms with Gasteiger partial charge in [0, 0.05) is 18.6 Å². The molecule has 2 atom stereocenters. The molecular formula is C15H27N. The minimum absolute atomic E-state index is 0.660. The summed E-state index contributed by atoms with van der Waals surface area (Å²) in [5, 5.41) is 0. The van der Waals surface area contributed by atoms with Crippen LogP contribution in [-0.2, 0) is 0 Å². The van der Waals surface area contributed by atoms with E-state index in [1.165, 1.54) is 50.6 Å². The van der Waals surface area contributed by atoms with Gasteiger partial charge >= 0.3 is 0 Å². The SMILES string of the molecule is C=C(C)[C@@H]1CC2(CCCC2)CN1C(C)CC. The summed E-state index contributed by atoms with van der Waals surface area (Å²) in [7, 11) is 0. The summed E-state index contributed by atoms with van der Waals surface area (Å²) in [4.78, 5) is 2.73. The van der Waals surface area contributed by atoms with E-state index in [1.807, 2.05) is 0 Å². The van der Waals surface area contributed by atoms with Gasteiger partial charge in [-0.15, -0.1) is 0 Å². The Bertz CT molecular complexity index is 263. The number of likely N-dealkylation sites (tertiary alicyclic amines) is 1. The Morgan fingerprint density at radius 3 is 2.56 bits per heavy atom. The van der Waals surface area contributed by atoms with Crippen molar-refractivity contribution in [2.24, 2.45) is 5.41 Å². The molecule has 0 bridgehead atoms. The standard InChI is InChI=1S/C15H27N/c1-5-13(4)16-11-15(8-6-7-9-15)10-14(16)12(2)3/h13-14H,2,5-11H2,1,3-4H3/t13?,14-/m0/s1.